The minimum absolute atomic E-state index is 0.00580. The van der Waals surface area contributed by atoms with E-state index in [-0.39, 0.29) is 40.4 Å². The number of aliphatic hydroxyl groups excluding tert-OH is 1. The minimum Gasteiger partial charge on any atom is -0.393 e. The Morgan fingerprint density at radius 2 is 1.77 bits per heavy atom. The Morgan fingerprint density at radius 3 is 2.45 bits per heavy atom. The summed E-state index contributed by atoms with van der Waals surface area (Å²) in [6, 6.07) is 12.6. The molecule has 1 aromatic heterocycles. The summed E-state index contributed by atoms with van der Waals surface area (Å²) in [7, 11) is 0. The number of hydrogen-bond donors (Lipinski definition) is 4. The maximum Gasteiger partial charge on any atom is 0.418 e. The highest BCUT2D eigenvalue weighted by atomic mass is 19.4. The van der Waals surface area contributed by atoms with Crippen molar-refractivity contribution in [1.29, 1.82) is 0 Å². The van der Waals surface area contributed by atoms with Crippen LogP contribution in [0.15, 0.2) is 42.5 Å². The molecule has 6 rings (SSSR count). The largest absolute Gasteiger partial charge is 0.418 e. The molecule has 44 heavy (non-hydrogen) atoms. The maximum absolute atomic E-state index is 14.5. The fraction of sp³-hybridized carbons (Fsp3) is 0.485. The van der Waals surface area contributed by atoms with Gasteiger partial charge in [0.25, 0.3) is 5.91 Å². The van der Waals surface area contributed by atoms with Crippen molar-refractivity contribution in [1.82, 2.24) is 9.97 Å². The number of nitrogens with two attached hydrogens (primary N) is 1. The van der Waals surface area contributed by atoms with Crippen LogP contribution in [-0.2, 0) is 24.4 Å². The smallest absolute Gasteiger partial charge is 0.393 e. The van der Waals surface area contributed by atoms with Gasteiger partial charge in [-0.25, -0.2) is 9.97 Å². The number of nitrogens with one attached hydrogen (secondary N) is 2. The number of aliphatic hydroxyl groups is 1. The lowest BCUT2D eigenvalue weighted by Crippen LogP contribution is -2.42. The highest BCUT2D eigenvalue weighted by Crippen LogP contribution is 2.48. The molecule has 0 radical (unpaired) electrons. The number of fused-ring (bicyclic) bond motifs is 2. The number of alkyl halides is 3. The van der Waals surface area contributed by atoms with Crippen molar-refractivity contribution < 1.29 is 23.1 Å². The number of amides is 1. The van der Waals surface area contributed by atoms with Crippen LogP contribution in [0.2, 0.25) is 0 Å². The predicted molar refractivity (Wildman–Crippen MR) is 164 cm³/mol. The minimum atomic E-state index is -4.59. The van der Waals surface area contributed by atoms with Gasteiger partial charge in [0.15, 0.2) is 11.5 Å². The van der Waals surface area contributed by atoms with Gasteiger partial charge in [0, 0.05) is 30.5 Å². The Morgan fingerprint density at radius 1 is 1.05 bits per heavy atom. The third-order valence-corrected chi connectivity index (χ3v) is 9.66. The molecule has 3 aromatic rings. The number of hydrogen-bond acceptors (Lipinski definition) is 7. The predicted octanol–water partition coefficient (Wildman–Crippen LogP) is 6.10. The van der Waals surface area contributed by atoms with Crippen molar-refractivity contribution >= 4 is 28.9 Å². The first-order valence-electron chi connectivity index (χ1n) is 15.5. The van der Waals surface area contributed by atoms with E-state index in [1.807, 2.05) is 11.8 Å². The molecule has 8 nitrogen and oxygen atoms in total. The average Bonchev–Trinajstić information content (AvgIpc) is 3.36. The highest BCUT2D eigenvalue weighted by molar-refractivity contribution is 5.96. The molecule has 5 N–H and O–H groups in total. The van der Waals surface area contributed by atoms with E-state index in [1.165, 1.54) is 17.2 Å². The molecule has 2 aliphatic carbocycles. The van der Waals surface area contributed by atoms with Gasteiger partial charge in [-0.3, -0.25) is 4.79 Å². The summed E-state index contributed by atoms with van der Waals surface area (Å²) < 4.78 is 43.5. The van der Waals surface area contributed by atoms with Gasteiger partial charge in [0.05, 0.1) is 17.4 Å². The Kier molecular flexibility index (Phi) is 8.17. The van der Waals surface area contributed by atoms with E-state index in [1.54, 1.807) is 6.07 Å². The summed E-state index contributed by atoms with van der Waals surface area (Å²) in [5.41, 5.74) is 8.30. The zero-order valence-electron chi connectivity index (χ0n) is 24.9. The normalized spacial score (nSPS) is 21.2. The molecular weight excluding hydrogens is 569 g/mol. The molecular formula is C33H39F3N6O2. The molecule has 234 valence electrons. The number of benzene rings is 2. The van der Waals surface area contributed by atoms with E-state index in [2.05, 4.69) is 44.9 Å². The number of carbonyl (C=O) groups excluding carboxylic acids is 1. The number of nitrogens with zero attached hydrogens (tertiary/aromatic N) is 3. The van der Waals surface area contributed by atoms with Gasteiger partial charge in [-0.15, -0.1) is 0 Å². The van der Waals surface area contributed by atoms with Crippen molar-refractivity contribution in [3.05, 3.63) is 70.5 Å². The molecule has 1 amide bonds. The lowest BCUT2D eigenvalue weighted by molar-refractivity contribution is -0.137. The van der Waals surface area contributed by atoms with Gasteiger partial charge < -0.3 is 26.4 Å². The Hall–Kier alpha value is -3.86. The third-order valence-electron chi connectivity index (χ3n) is 9.66. The molecule has 2 heterocycles. The van der Waals surface area contributed by atoms with Crippen molar-refractivity contribution in [3.63, 3.8) is 0 Å². The SMILES string of the molecule is CCc1nc(C(N)=O)c(Nc2ccc(N3CCC4(CCc5ccccc54)CC3)c(C(F)(F)F)c2)nc1N[C@H]1CC[C@H](O)CC1. The lowest BCUT2D eigenvalue weighted by atomic mass is 9.73. The number of piperidine rings is 1. The van der Waals surface area contributed by atoms with Crippen LogP contribution in [0.1, 0.15) is 84.7 Å². The second-order valence-electron chi connectivity index (χ2n) is 12.4. The first-order chi connectivity index (χ1) is 21.1. The van der Waals surface area contributed by atoms with Crippen LogP contribution in [0.5, 0.6) is 0 Å². The Labute approximate surface area is 255 Å². The quantitative estimate of drug-likeness (QED) is 0.256. The number of aromatic nitrogens is 2. The molecule has 2 fully saturated rings. The van der Waals surface area contributed by atoms with Crippen LogP contribution < -0.4 is 21.3 Å². The Balaban J connectivity index is 1.26. The number of halogens is 3. The molecule has 1 saturated carbocycles. The number of primary amides is 1. The number of rotatable bonds is 7. The molecule has 2 aromatic carbocycles. The standard InChI is InChI=1S/C33H39F3N6O2/c1-2-26-30(38-21-7-10-23(43)11-8-21)41-31(28(40-26)29(37)44)39-22-9-12-27(25(19-22)33(34,35)36)42-17-15-32(16-18-42)14-13-20-5-3-4-6-24(20)32/h3-6,9,12,19,21,23,43H,2,7-8,10-11,13-18H2,1H3,(H2,37,44)(H2,38,39,41)/t21-,23-. The monoisotopic (exact) mass is 608 g/mol. The topological polar surface area (TPSA) is 116 Å². The number of carbonyl (C=O) groups is 1. The summed E-state index contributed by atoms with van der Waals surface area (Å²) in [6.07, 6.45) is 2.02. The molecule has 1 aliphatic heterocycles. The fourth-order valence-electron chi connectivity index (χ4n) is 7.22. The van der Waals surface area contributed by atoms with Crippen LogP contribution in [0.25, 0.3) is 0 Å². The Bertz CT molecular complexity index is 1530. The van der Waals surface area contributed by atoms with E-state index in [9.17, 15) is 23.1 Å². The zero-order valence-corrected chi connectivity index (χ0v) is 24.9. The average molecular weight is 609 g/mol. The van der Waals surface area contributed by atoms with Crippen LogP contribution in [0.3, 0.4) is 0 Å². The van der Waals surface area contributed by atoms with Gasteiger partial charge in [-0.05, 0) is 92.5 Å². The van der Waals surface area contributed by atoms with Gasteiger partial charge in [0.2, 0.25) is 0 Å². The molecule has 1 spiro atoms. The molecule has 0 atom stereocenters. The summed E-state index contributed by atoms with van der Waals surface area (Å²) in [5.74, 6) is -0.385. The van der Waals surface area contributed by atoms with Gasteiger partial charge >= 0.3 is 6.18 Å². The van der Waals surface area contributed by atoms with E-state index in [4.69, 9.17) is 5.73 Å². The fourth-order valence-corrected chi connectivity index (χ4v) is 7.22. The second-order valence-corrected chi connectivity index (χ2v) is 12.4. The van der Waals surface area contributed by atoms with E-state index in [0.29, 0.717) is 43.9 Å². The van der Waals surface area contributed by atoms with Crippen LogP contribution in [0, 0.1) is 0 Å². The zero-order chi connectivity index (χ0) is 31.1. The summed E-state index contributed by atoms with van der Waals surface area (Å²) >= 11 is 0. The lowest BCUT2D eigenvalue weighted by Gasteiger charge is -2.42. The number of anilines is 4. The van der Waals surface area contributed by atoms with Crippen LogP contribution >= 0.6 is 0 Å². The van der Waals surface area contributed by atoms with E-state index < -0.39 is 17.6 Å². The molecule has 3 aliphatic rings. The van der Waals surface area contributed by atoms with Crippen molar-refractivity contribution in [2.24, 2.45) is 5.73 Å². The summed E-state index contributed by atoms with van der Waals surface area (Å²) in [4.78, 5) is 23.2. The molecule has 0 unspecified atom stereocenters. The molecule has 1 saturated heterocycles. The highest BCUT2D eigenvalue weighted by Gasteiger charge is 2.42. The first-order valence-corrected chi connectivity index (χ1v) is 15.5. The van der Waals surface area contributed by atoms with E-state index in [0.717, 1.165) is 44.6 Å². The number of aryl methyl sites for hydroxylation is 2. The van der Waals surface area contributed by atoms with Crippen LogP contribution in [0.4, 0.5) is 36.2 Å². The first kappa shape index (κ1) is 30.2. The van der Waals surface area contributed by atoms with Crippen molar-refractivity contribution in [2.75, 3.05) is 28.6 Å². The van der Waals surface area contributed by atoms with Gasteiger partial charge in [-0.2, -0.15) is 13.2 Å². The summed E-state index contributed by atoms with van der Waals surface area (Å²) in [6.45, 7) is 2.94. The van der Waals surface area contributed by atoms with Crippen LogP contribution in [-0.4, -0.2) is 46.2 Å². The second kappa shape index (κ2) is 11.9. The van der Waals surface area contributed by atoms with Crippen molar-refractivity contribution in [2.45, 2.75) is 88.4 Å². The third kappa shape index (κ3) is 5.94. The van der Waals surface area contributed by atoms with Gasteiger partial charge in [0.1, 0.15) is 5.82 Å². The molecule has 11 heteroatoms. The summed E-state index contributed by atoms with van der Waals surface area (Å²) in [5, 5.41) is 16.1. The van der Waals surface area contributed by atoms with Gasteiger partial charge in [-0.1, -0.05) is 31.2 Å². The van der Waals surface area contributed by atoms with E-state index >= 15 is 0 Å². The maximum atomic E-state index is 14.5. The van der Waals surface area contributed by atoms with Crippen molar-refractivity contribution in [3.8, 4) is 0 Å². The molecule has 0 bridgehead atoms.